The number of hydrogen-bond donors (Lipinski definition) is 2. The third-order valence-electron chi connectivity index (χ3n) is 2.83. The van der Waals surface area contributed by atoms with Crippen LogP contribution in [0, 0.1) is 5.82 Å². The summed E-state index contributed by atoms with van der Waals surface area (Å²) in [6, 6.07) is 0.950. The fraction of sp³-hybridized carbons (Fsp3) is 0.273. The second-order valence-corrected chi connectivity index (χ2v) is 6.77. The van der Waals surface area contributed by atoms with E-state index in [1.165, 1.54) is 0 Å². The lowest BCUT2D eigenvalue weighted by Crippen LogP contribution is -2.52. The first kappa shape index (κ1) is 16.2. The van der Waals surface area contributed by atoms with Gasteiger partial charge in [0.25, 0.3) is 0 Å². The summed E-state index contributed by atoms with van der Waals surface area (Å²) in [6.45, 7) is 0. The first-order valence-electron chi connectivity index (χ1n) is 5.72. The van der Waals surface area contributed by atoms with E-state index in [2.05, 4.69) is 4.72 Å². The molecule has 0 radical (unpaired) electrons. The molecule has 2 amide bonds. The number of sulfonamides is 1. The maximum atomic E-state index is 13.5. The first-order chi connectivity index (χ1) is 9.72. The third kappa shape index (κ3) is 3.34. The summed E-state index contributed by atoms with van der Waals surface area (Å²) in [4.78, 5) is 22.0. The molecule has 1 saturated heterocycles. The number of amides is 2. The lowest BCUT2D eigenvalue weighted by molar-refractivity contribution is -0.134. The fourth-order valence-electron chi connectivity index (χ4n) is 1.77. The van der Waals surface area contributed by atoms with Crippen LogP contribution in [0.5, 0.6) is 0 Å². The van der Waals surface area contributed by atoms with Crippen molar-refractivity contribution in [1.82, 2.24) is 10.0 Å². The average molecular weight is 355 g/mol. The Morgan fingerprint density at radius 3 is 2.57 bits per heavy atom. The molecule has 10 heteroatoms. The van der Waals surface area contributed by atoms with E-state index in [0.29, 0.717) is 0 Å². The molecule has 0 bridgehead atoms. The Morgan fingerprint density at radius 2 is 1.95 bits per heavy atom. The topological polar surface area (TPSA) is 92.3 Å². The molecule has 1 aromatic rings. The molecule has 1 heterocycles. The van der Waals surface area contributed by atoms with Gasteiger partial charge in [0.1, 0.15) is 10.9 Å². The number of benzene rings is 1. The average Bonchev–Trinajstić information content (AvgIpc) is 2.39. The van der Waals surface area contributed by atoms with Gasteiger partial charge in [0, 0.05) is 6.42 Å². The van der Waals surface area contributed by atoms with Crippen LogP contribution >= 0.6 is 23.2 Å². The summed E-state index contributed by atoms with van der Waals surface area (Å²) < 4.78 is 39.9. The Labute approximate surface area is 129 Å². The van der Waals surface area contributed by atoms with Crippen LogP contribution in [-0.2, 0) is 19.6 Å². The molecule has 1 aliphatic rings. The van der Waals surface area contributed by atoms with E-state index >= 15 is 0 Å². The molecule has 1 unspecified atom stereocenters. The van der Waals surface area contributed by atoms with Crippen molar-refractivity contribution in [3.63, 3.8) is 0 Å². The first-order valence-corrected chi connectivity index (χ1v) is 7.96. The Balaban J connectivity index is 2.29. The Morgan fingerprint density at radius 1 is 1.29 bits per heavy atom. The Kier molecular flexibility index (Phi) is 4.52. The van der Waals surface area contributed by atoms with Gasteiger partial charge >= 0.3 is 0 Å². The van der Waals surface area contributed by atoms with Gasteiger partial charge in [-0.2, -0.15) is 4.72 Å². The van der Waals surface area contributed by atoms with Gasteiger partial charge in [0.05, 0.1) is 10.0 Å². The van der Waals surface area contributed by atoms with E-state index in [4.69, 9.17) is 23.2 Å². The summed E-state index contributed by atoms with van der Waals surface area (Å²) in [5.41, 5.74) is 0. The van der Waals surface area contributed by atoms with Gasteiger partial charge in [-0.25, -0.2) is 12.8 Å². The number of imide groups is 1. The van der Waals surface area contributed by atoms with E-state index in [1.54, 1.807) is 0 Å². The Bertz CT molecular complexity index is 723. The van der Waals surface area contributed by atoms with Crippen molar-refractivity contribution in [2.24, 2.45) is 0 Å². The van der Waals surface area contributed by atoms with E-state index in [-0.39, 0.29) is 17.9 Å². The van der Waals surface area contributed by atoms with Crippen LogP contribution in [-0.4, -0.2) is 26.3 Å². The number of piperidine rings is 1. The zero-order chi connectivity index (χ0) is 15.8. The van der Waals surface area contributed by atoms with Crippen LogP contribution in [0.25, 0.3) is 0 Å². The molecule has 1 atom stereocenters. The van der Waals surface area contributed by atoms with Crippen molar-refractivity contribution >= 4 is 45.0 Å². The van der Waals surface area contributed by atoms with Crippen LogP contribution in [0.1, 0.15) is 12.8 Å². The van der Waals surface area contributed by atoms with E-state index in [0.717, 1.165) is 12.1 Å². The van der Waals surface area contributed by atoms with Gasteiger partial charge in [-0.3, -0.25) is 14.9 Å². The van der Waals surface area contributed by atoms with Crippen molar-refractivity contribution < 1.29 is 22.4 Å². The molecule has 1 fully saturated rings. The molecule has 114 valence electrons. The molecule has 1 aliphatic heterocycles. The summed E-state index contributed by atoms with van der Waals surface area (Å²) >= 11 is 11.1. The zero-order valence-corrected chi connectivity index (χ0v) is 12.6. The molecule has 0 spiro atoms. The number of hydrogen-bond acceptors (Lipinski definition) is 4. The van der Waals surface area contributed by atoms with Gasteiger partial charge in [-0.05, 0) is 18.6 Å². The van der Waals surface area contributed by atoms with Gasteiger partial charge in [0.15, 0.2) is 5.82 Å². The minimum atomic E-state index is -4.23. The Hall–Kier alpha value is -1.22. The van der Waals surface area contributed by atoms with Crippen molar-refractivity contribution in [2.75, 3.05) is 0 Å². The number of carbonyl (C=O) groups excluding carboxylic acids is 2. The van der Waals surface area contributed by atoms with Crippen LogP contribution in [0.2, 0.25) is 10.0 Å². The molecule has 1 aromatic carbocycles. The lowest BCUT2D eigenvalue weighted by atomic mass is 10.1. The second kappa shape index (κ2) is 5.88. The molecule has 0 saturated carbocycles. The number of halogens is 3. The molecule has 2 N–H and O–H groups in total. The summed E-state index contributed by atoms with van der Waals surface area (Å²) in [6.07, 6.45) is 0.0131. The highest BCUT2D eigenvalue weighted by molar-refractivity contribution is 7.89. The summed E-state index contributed by atoms with van der Waals surface area (Å²) in [5, 5.41) is 1.02. The van der Waals surface area contributed by atoms with Crippen molar-refractivity contribution in [1.29, 1.82) is 0 Å². The van der Waals surface area contributed by atoms with Crippen molar-refractivity contribution in [2.45, 2.75) is 23.8 Å². The van der Waals surface area contributed by atoms with Crippen molar-refractivity contribution in [3.8, 4) is 0 Å². The second-order valence-electron chi connectivity index (χ2n) is 4.30. The predicted molar refractivity (Wildman–Crippen MR) is 72.9 cm³/mol. The van der Waals surface area contributed by atoms with Gasteiger partial charge < -0.3 is 0 Å². The molecular weight excluding hydrogens is 346 g/mol. The quantitative estimate of drug-likeness (QED) is 0.630. The fourth-order valence-corrected chi connectivity index (χ4v) is 3.75. The number of rotatable bonds is 3. The largest absolute Gasteiger partial charge is 0.295 e. The minimum absolute atomic E-state index is 0.00162. The standard InChI is InChI=1S/C11H9Cl2FN2O4S/c12-5-1-3-7(9(13)10(5)14)21(19,20)16-6-2-4-8(17)15-11(6)18/h1,3,6,16H,2,4H2,(H,15,17,18). The molecule has 21 heavy (non-hydrogen) atoms. The molecule has 0 aliphatic carbocycles. The summed E-state index contributed by atoms with van der Waals surface area (Å²) in [5.74, 6) is -2.31. The van der Waals surface area contributed by atoms with Gasteiger partial charge in [-0.15, -0.1) is 0 Å². The molecule has 0 aromatic heterocycles. The lowest BCUT2D eigenvalue weighted by Gasteiger charge is -2.22. The third-order valence-corrected chi connectivity index (χ3v) is 5.11. The number of carbonyl (C=O) groups is 2. The van der Waals surface area contributed by atoms with Crippen LogP contribution < -0.4 is 10.0 Å². The summed E-state index contributed by atoms with van der Waals surface area (Å²) in [7, 11) is -4.23. The maximum Gasteiger partial charge on any atom is 0.244 e. The zero-order valence-electron chi connectivity index (χ0n) is 10.3. The van der Waals surface area contributed by atoms with E-state index < -0.39 is 43.6 Å². The highest BCUT2D eigenvalue weighted by Gasteiger charge is 2.32. The van der Waals surface area contributed by atoms with Gasteiger partial charge in [0.2, 0.25) is 21.8 Å². The highest BCUT2D eigenvalue weighted by atomic mass is 35.5. The number of nitrogens with one attached hydrogen (secondary N) is 2. The maximum absolute atomic E-state index is 13.5. The molecular formula is C11H9Cl2FN2O4S. The van der Waals surface area contributed by atoms with Crippen molar-refractivity contribution in [3.05, 3.63) is 28.0 Å². The molecule has 6 nitrogen and oxygen atoms in total. The van der Waals surface area contributed by atoms with Crippen LogP contribution in [0.4, 0.5) is 4.39 Å². The predicted octanol–water partition coefficient (Wildman–Crippen LogP) is 1.22. The van der Waals surface area contributed by atoms with E-state index in [9.17, 15) is 22.4 Å². The molecule has 2 rings (SSSR count). The van der Waals surface area contributed by atoms with Crippen LogP contribution in [0.3, 0.4) is 0 Å². The monoisotopic (exact) mass is 354 g/mol. The normalized spacial score (nSPS) is 19.5. The smallest absolute Gasteiger partial charge is 0.244 e. The highest BCUT2D eigenvalue weighted by Crippen LogP contribution is 2.29. The van der Waals surface area contributed by atoms with Crippen LogP contribution in [0.15, 0.2) is 17.0 Å². The SMILES string of the molecule is O=C1CCC(NS(=O)(=O)c2ccc(Cl)c(F)c2Cl)C(=O)N1. The van der Waals surface area contributed by atoms with Gasteiger partial charge in [-0.1, -0.05) is 23.2 Å². The minimum Gasteiger partial charge on any atom is -0.295 e. The van der Waals surface area contributed by atoms with E-state index in [1.807, 2.05) is 5.32 Å².